The minimum atomic E-state index is -0.107. The summed E-state index contributed by atoms with van der Waals surface area (Å²) in [6.07, 6.45) is 2.91. The van der Waals surface area contributed by atoms with Crippen LogP contribution >= 0.6 is 0 Å². The second-order valence-corrected chi connectivity index (χ2v) is 9.72. The molecule has 1 N–H and O–H groups in total. The molecule has 0 bridgehead atoms. The number of hydrogen-bond donors (Lipinski definition) is 1. The van der Waals surface area contributed by atoms with E-state index in [1.165, 1.54) is 5.56 Å². The molecule has 1 amide bonds. The van der Waals surface area contributed by atoms with E-state index < -0.39 is 0 Å². The van der Waals surface area contributed by atoms with Crippen LogP contribution in [-0.4, -0.2) is 48.5 Å². The summed E-state index contributed by atoms with van der Waals surface area (Å²) in [5.41, 5.74) is 2.67. The molecule has 1 aromatic carbocycles. The Balaban J connectivity index is 1.58. The van der Waals surface area contributed by atoms with Gasteiger partial charge in [-0.25, -0.2) is 4.98 Å². The van der Waals surface area contributed by atoms with E-state index in [4.69, 9.17) is 0 Å². The standard InChI is InChI=1S/C25H36N4O/c1-19(2)18-28-13-6-14-29(16-15-28)23-12-11-22(17-26-23)27-24(30)20-7-9-21(10-8-20)25(3,4)5/h7-12,17,19H,6,13-16,18H2,1-5H3,(H,27,30). The summed E-state index contributed by atoms with van der Waals surface area (Å²) in [5.74, 6) is 1.57. The van der Waals surface area contributed by atoms with Crippen LogP contribution < -0.4 is 10.2 Å². The molecular weight excluding hydrogens is 372 g/mol. The highest BCUT2D eigenvalue weighted by molar-refractivity contribution is 6.04. The van der Waals surface area contributed by atoms with Gasteiger partial charge in [0.1, 0.15) is 5.82 Å². The van der Waals surface area contributed by atoms with Gasteiger partial charge in [0.25, 0.3) is 5.91 Å². The summed E-state index contributed by atoms with van der Waals surface area (Å²) in [6, 6.07) is 11.8. The highest BCUT2D eigenvalue weighted by Crippen LogP contribution is 2.23. The van der Waals surface area contributed by atoms with Crippen LogP contribution in [0.2, 0.25) is 0 Å². The van der Waals surface area contributed by atoms with Crippen molar-refractivity contribution in [3.63, 3.8) is 0 Å². The first kappa shape index (κ1) is 22.3. The second kappa shape index (κ2) is 9.61. The van der Waals surface area contributed by atoms with Crippen LogP contribution in [0.25, 0.3) is 0 Å². The van der Waals surface area contributed by atoms with Crippen LogP contribution in [0.3, 0.4) is 0 Å². The lowest BCUT2D eigenvalue weighted by Crippen LogP contribution is -2.33. The molecule has 5 nitrogen and oxygen atoms in total. The predicted molar refractivity (Wildman–Crippen MR) is 125 cm³/mol. The predicted octanol–water partition coefficient (Wildman–Crippen LogP) is 4.80. The normalized spacial score (nSPS) is 15.9. The molecule has 1 aliphatic rings. The first-order chi connectivity index (χ1) is 14.2. The van der Waals surface area contributed by atoms with Gasteiger partial charge in [-0.15, -0.1) is 0 Å². The summed E-state index contributed by atoms with van der Waals surface area (Å²) in [6.45, 7) is 16.4. The Labute approximate surface area is 181 Å². The maximum Gasteiger partial charge on any atom is 0.255 e. The molecule has 162 valence electrons. The van der Waals surface area contributed by atoms with Crippen molar-refractivity contribution in [2.45, 2.75) is 46.5 Å². The highest BCUT2D eigenvalue weighted by atomic mass is 16.1. The van der Waals surface area contributed by atoms with Gasteiger partial charge >= 0.3 is 0 Å². The molecule has 5 heteroatoms. The van der Waals surface area contributed by atoms with Gasteiger partial charge in [-0.2, -0.15) is 0 Å². The largest absolute Gasteiger partial charge is 0.355 e. The van der Waals surface area contributed by atoms with Gasteiger partial charge in [-0.05, 0) is 54.1 Å². The molecular formula is C25H36N4O. The van der Waals surface area contributed by atoms with Crippen molar-refractivity contribution in [1.82, 2.24) is 9.88 Å². The van der Waals surface area contributed by atoms with Crippen molar-refractivity contribution >= 4 is 17.4 Å². The molecule has 2 heterocycles. The molecule has 0 aliphatic carbocycles. The van der Waals surface area contributed by atoms with Crippen LogP contribution in [0.15, 0.2) is 42.6 Å². The lowest BCUT2D eigenvalue weighted by atomic mass is 9.87. The number of amides is 1. The number of aromatic nitrogens is 1. The summed E-state index contributed by atoms with van der Waals surface area (Å²) in [4.78, 5) is 22.1. The third-order valence-electron chi connectivity index (χ3n) is 5.55. The Morgan fingerprint density at radius 3 is 2.37 bits per heavy atom. The van der Waals surface area contributed by atoms with E-state index in [9.17, 15) is 4.79 Å². The number of benzene rings is 1. The van der Waals surface area contributed by atoms with E-state index in [1.54, 1.807) is 6.20 Å². The van der Waals surface area contributed by atoms with Gasteiger partial charge in [0, 0.05) is 31.7 Å². The highest BCUT2D eigenvalue weighted by Gasteiger charge is 2.17. The molecule has 1 saturated heterocycles. The molecule has 0 unspecified atom stereocenters. The number of pyridine rings is 1. The lowest BCUT2D eigenvalue weighted by Gasteiger charge is -2.23. The topological polar surface area (TPSA) is 48.5 Å². The molecule has 0 spiro atoms. The van der Waals surface area contributed by atoms with Gasteiger partial charge < -0.3 is 15.1 Å². The number of anilines is 2. The third-order valence-corrected chi connectivity index (χ3v) is 5.55. The second-order valence-electron chi connectivity index (χ2n) is 9.72. The maximum absolute atomic E-state index is 12.6. The van der Waals surface area contributed by atoms with Crippen LogP contribution in [-0.2, 0) is 5.41 Å². The van der Waals surface area contributed by atoms with E-state index in [1.807, 2.05) is 36.4 Å². The molecule has 30 heavy (non-hydrogen) atoms. The van der Waals surface area contributed by atoms with Crippen molar-refractivity contribution in [2.75, 3.05) is 42.9 Å². The molecule has 2 aromatic rings. The van der Waals surface area contributed by atoms with Crippen molar-refractivity contribution in [3.05, 3.63) is 53.7 Å². The zero-order valence-corrected chi connectivity index (χ0v) is 19.1. The van der Waals surface area contributed by atoms with Gasteiger partial charge in [-0.3, -0.25) is 4.79 Å². The fourth-order valence-electron chi connectivity index (χ4n) is 3.87. The summed E-state index contributed by atoms with van der Waals surface area (Å²) >= 11 is 0. The minimum absolute atomic E-state index is 0.0773. The number of nitrogens with one attached hydrogen (secondary N) is 1. The molecule has 1 aromatic heterocycles. The zero-order chi connectivity index (χ0) is 21.7. The first-order valence-corrected chi connectivity index (χ1v) is 11.1. The summed E-state index contributed by atoms with van der Waals surface area (Å²) in [7, 11) is 0. The van der Waals surface area contributed by atoms with Crippen molar-refractivity contribution < 1.29 is 4.79 Å². The van der Waals surface area contributed by atoms with E-state index in [2.05, 4.69) is 54.7 Å². The lowest BCUT2D eigenvalue weighted by molar-refractivity contribution is 0.102. The fourth-order valence-corrected chi connectivity index (χ4v) is 3.87. The van der Waals surface area contributed by atoms with Gasteiger partial charge in [0.15, 0.2) is 0 Å². The summed E-state index contributed by atoms with van der Waals surface area (Å²) < 4.78 is 0. The molecule has 0 radical (unpaired) electrons. The molecule has 1 aliphatic heterocycles. The van der Waals surface area contributed by atoms with Crippen LogP contribution in [0.4, 0.5) is 11.5 Å². The average Bonchev–Trinajstić information content (AvgIpc) is 2.93. The zero-order valence-electron chi connectivity index (χ0n) is 19.1. The number of carbonyl (C=O) groups is 1. The molecule has 0 atom stereocenters. The minimum Gasteiger partial charge on any atom is -0.355 e. The maximum atomic E-state index is 12.6. The number of hydrogen-bond acceptors (Lipinski definition) is 4. The van der Waals surface area contributed by atoms with Crippen molar-refractivity contribution in [3.8, 4) is 0 Å². The molecule has 1 fully saturated rings. The van der Waals surface area contributed by atoms with Gasteiger partial charge in [0.2, 0.25) is 0 Å². The first-order valence-electron chi connectivity index (χ1n) is 11.1. The third kappa shape index (κ3) is 6.05. The van der Waals surface area contributed by atoms with Crippen molar-refractivity contribution in [1.29, 1.82) is 0 Å². The molecule has 0 saturated carbocycles. The Kier molecular flexibility index (Phi) is 7.14. The van der Waals surface area contributed by atoms with Crippen LogP contribution in [0, 0.1) is 5.92 Å². The van der Waals surface area contributed by atoms with Crippen LogP contribution in [0.1, 0.15) is 57.0 Å². The van der Waals surface area contributed by atoms with E-state index in [0.717, 1.165) is 50.6 Å². The fraction of sp³-hybridized carbons (Fsp3) is 0.520. The van der Waals surface area contributed by atoms with E-state index in [0.29, 0.717) is 11.5 Å². The monoisotopic (exact) mass is 408 g/mol. The molecule has 3 rings (SSSR count). The quantitative estimate of drug-likeness (QED) is 0.772. The smallest absolute Gasteiger partial charge is 0.255 e. The SMILES string of the molecule is CC(C)CN1CCCN(c2ccc(NC(=O)c3ccc(C(C)(C)C)cc3)cn2)CC1. The Hall–Kier alpha value is -2.40. The number of nitrogens with zero attached hydrogens (tertiary/aromatic N) is 3. The van der Waals surface area contributed by atoms with E-state index >= 15 is 0 Å². The Morgan fingerprint density at radius 2 is 1.77 bits per heavy atom. The number of rotatable bonds is 5. The van der Waals surface area contributed by atoms with Gasteiger partial charge in [0.05, 0.1) is 11.9 Å². The van der Waals surface area contributed by atoms with Crippen molar-refractivity contribution in [2.24, 2.45) is 5.92 Å². The average molecular weight is 409 g/mol. The van der Waals surface area contributed by atoms with E-state index in [-0.39, 0.29) is 11.3 Å². The number of carbonyl (C=O) groups excluding carboxylic acids is 1. The summed E-state index contributed by atoms with van der Waals surface area (Å²) in [5, 5.41) is 2.96. The van der Waals surface area contributed by atoms with Crippen LogP contribution in [0.5, 0.6) is 0 Å². The van der Waals surface area contributed by atoms with Gasteiger partial charge in [-0.1, -0.05) is 46.8 Å². The Morgan fingerprint density at radius 1 is 1.03 bits per heavy atom. The Bertz CT molecular complexity index is 822.